The molecule has 0 fully saturated rings. The van der Waals surface area contributed by atoms with E-state index in [-0.39, 0.29) is 10.8 Å². The van der Waals surface area contributed by atoms with Gasteiger partial charge in [0.15, 0.2) is 0 Å². The molecule has 0 aliphatic rings. The van der Waals surface area contributed by atoms with E-state index in [4.69, 9.17) is 11.6 Å². The van der Waals surface area contributed by atoms with Gasteiger partial charge < -0.3 is 5.32 Å². The molecule has 0 spiro atoms. The van der Waals surface area contributed by atoms with Gasteiger partial charge in [0.2, 0.25) is 15.9 Å². The monoisotopic (exact) mass is 374 g/mol. The maximum absolute atomic E-state index is 12.8. The number of unbranched alkanes of at least 4 members (excludes halogenated alkanes) is 2. The van der Waals surface area contributed by atoms with Gasteiger partial charge in [-0.05, 0) is 44.0 Å². The number of benzene rings is 1. The first-order valence-electron chi connectivity index (χ1n) is 8.38. The summed E-state index contributed by atoms with van der Waals surface area (Å²) >= 11 is 5.71. The van der Waals surface area contributed by atoms with Gasteiger partial charge in [-0.1, -0.05) is 26.7 Å². The molecule has 5 nitrogen and oxygen atoms in total. The van der Waals surface area contributed by atoms with Crippen molar-refractivity contribution in [2.75, 3.05) is 18.4 Å². The summed E-state index contributed by atoms with van der Waals surface area (Å²) in [5, 5.41) is 1.99. The Hall–Kier alpha value is -1.11. The van der Waals surface area contributed by atoms with Gasteiger partial charge in [-0.2, -0.15) is 4.31 Å². The molecule has 1 aromatic rings. The van der Waals surface area contributed by atoms with Crippen LogP contribution in [0.1, 0.15) is 46.5 Å². The largest absolute Gasteiger partial charge is 0.325 e. The maximum atomic E-state index is 12.8. The highest BCUT2D eigenvalue weighted by molar-refractivity contribution is 7.89. The van der Waals surface area contributed by atoms with Crippen molar-refractivity contribution in [2.24, 2.45) is 0 Å². The molecule has 0 aliphatic carbocycles. The zero-order chi connectivity index (χ0) is 18.2. The summed E-state index contributed by atoms with van der Waals surface area (Å²) in [6.07, 6.45) is 3.56. The molecule has 1 aromatic carbocycles. The van der Waals surface area contributed by atoms with E-state index in [9.17, 15) is 13.2 Å². The highest BCUT2D eigenvalue weighted by Crippen LogP contribution is 2.20. The van der Waals surface area contributed by atoms with Crippen LogP contribution in [-0.2, 0) is 14.8 Å². The average molecular weight is 375 g/mol. The van der Waals surface area contributed by atoms with Crippen molar-refractivity contribution in [3.63, 3.8) is 0 Å². The Morgan fingerprint density at radius 1 is 1.12 bits per heavy atom. The number of carbonyl (C=O) groups excluding carboxylic acids is 1. The summed E-state index contributed by atoms with van der Waals surface area (Å²) in [6.45, 7) is 6.72. The number of sulfonamides is 1. The van der Waals surface area contributed by atoms with Gasteiger partial charge in [0.1, 0.15) is 5.38 Å². The second-order valence-corrected chi connectivity index (χ2v) is 8.33. The molecule has 136 valence electrons. The molecule has 7 heteroatoms. The number of halogens is 1. The highest BCUT2D eigenvalue weighted by Gasteiger charge is 2.23. The highest BCUT2D eigenvalue weighted by atomic mass is 35.5. The number of alkyl halides is 1. The lowest BCUT2D eigenvalue weighted by Gasteiger charge is -2.22. The predicted molar refractivity (Wildman–Crippen MR) is 99.0 cm³/mol. The van der Waals surface area contributed by atoms with E-state index in [2.05, 4.69) is 5.32 Å². The van der Waals surface area contributed by atoms with Crippen molar-refractivity contribution in [1.82, 2.24) is 4.31 Å². The molecule has 0 saturated carbocycles. The van der Waals surface area contributed by atoms with Crippen LogP contribution >= 0.6 is 11.6 Å². The zero-order valence-corrected chi connectivity index (χ0v) is 16.2. The standard InChI is InChI=1S/C17H27ClN2O3S/c1-4-6-12-20(13-7-5-2)24(22,23)16-10-8-15(9-11-16)19-17(21)14(3)18/h8-11,14H,4-7,12-13H2,1-3H3,(H,19,21)/t14-/m0/s1. The van der Waals surface area contributed by atoms with Crippen LogP contribution in [-0.4, -0.2) is 37.1 Å². The van der Waals surface area contributed by atoms with Crippen LogP contribution in [0.3, 0.4) is 0 Å². The molecule has 0 unspecified atom stereocenters. The lowest BCUT2D eigenvalue weighted by molar-refractivity contribution is -0.115. The number of hydrogen-bond donors (Lipinski definition) is 1. The van der Waals surface area contributed by atoms with Gasteiger partial charge in [0.05, 0.1) is 4.90 Å². The fourth-order valence-corrected chi connectivity index (χ4v) is 3.69. The number of amides is 1. The molecular weight excluding hydrogens is 348 g/mol. The van der Waals surface area contributed by atoms with E-state index in [1.165, 1.54) is 12.1 Å². The van der Waals surface area contributed by atoms with Gasteiger partial charge in [-0.25, -0.2) is 8.42 Å². The lowest BCUT2D eigenvalue weighted by atomic mass is 10.3. The fraction of sp³-hybridized carbons (Fsp3) is 0.588. The summed E-state index contributed by atoms with van der Waals surface area (Å²) in [6, 6.07) is 6.22. The maximum Gasteiger partial charge on any atom is 0.243 e. The topological polar surface area (TPSA) is 66.5 Å². The van der Waals surface area contributed by atoms with E-state index < -0.39 is 15.4 Å². The Morgan fingerprint density at radius 3 is 2.04 bits per heavy atom. The summed E-state index contributed by atoms with van der Waals surface area (Å²) in [5.74, 6) is -0.320. The third-order valence-corrected chi connectivity index (χ3v) is 5.75. The molecule has 1 rings (SSSR count). The Labute approximate surface area is 150 Å². The van der Waals surface area contributed by atoms with E-state index in [1.807, 2.05) is 13.8 Å². The number of carbonyl (C=O) groups is 1. The minimum atomic E-state index is -3.51. The van der Waals surface area contributed by atoms with Crippen LogP contribution in [0.2, 0.25) is 0 Å². The molecule has 0 heterocycles. The van der Waals surface area contributed by atoms with Crippen molar-refractivity contribution < 1.29 is 13.2 Å². The van der Waals surface area contributed by atoms with Crippen molar-refractivity contribution in [3.05, 3.63) is 24.3 Å². The van der Waals surface area contributed by atoms with E-state index >= 15 is 0 Å². The molecule has 0 aromatic heterocycles. The molecule has 24 heavy (non-hydrogen) atoms. The Balaban J connectivity index is 2.92. The minimum absolute atomic E-state index is 0.242. The number of hydrogen-bond acceptors (Lipinski definition) is 3. The number of anilines is 1. The number of nitrogens with one attached hydrogen (secondary N) is 1. The fourth-order valence-electron chi connectivity index (χ4n) is 2.12. The van der Waals surface area contributed by atoms with E-state index in [0.717, 1.165) is 25.7 Å². The molecule has 1 N–H and O–H groups in total. The van der Waals surface area contributed by atoms with E-state index in [0.29, 0.717) is 18.8 Å². The van der Waals surface area contributed by atoms with Gasteiger partial charge in [0.25, 0.3) is 0 Å². The van der Waals surface area contributed by atoms with Crippen molar-refractivity contribution >= 4 is 33.2 Å². The molecule has 1 amide bonds. The van der Waals surface area contributed by atoms with Crippen LogP contribution in [0.4, 0.5) is 5.69 Å². The first-order chi connectivity index (χ1) is 11.3. The normalized spacial score (nSPS) is 13.0. The average Bonchev–Trinajstić information content (AvgIpc) is 2.55. The molecule has 1 atom stereocenters. The SMILES string of the molecule is CCCCN(CCCC)S(=O)(=O)c1ccc(NC(=O)[C@H](C)Cl)cc1. The van der Waals surface area contributed by atoms with Crippen molar-refractivity contribution in [3.8, 4) is 0 Å². The second kappa shape index (κ2) is 10.0. The molecule has 0 bridgehead atoms. The van der Waals surface area contributed by atoms with Crippen LogP contribution < -0.4 is 5.32 Å². The van der Waals surface area contributed by atoms with Gasteiger partial charge in [0, 0.05) is 18.8 Å². The first-order valence-corrected chi connectivity index (χ1v) is 10.3. The first kappa shape index (κ1) is 20.9. The summed E-state index contributed by atoms with van der Waals surface area (Å²) in [5.41, 5.74) is 0.528. The quantitative estimate of drug-likeness (QED) is 0.632. The number of rotatable bonds is 10. The summed E-state index contributed by atoms with van der Waals surface area (Å²) in [7, 11) is -3.51. The molecule has 0 saturated heterocycles. The summed E-state index contributed by atoms with van der Waals surface area (Å²) < 4.78 is 27.2. The number of nitrogens with zero attached hydrogens (tertiary/aromatic N) is 1. The molecule has 0 radical (unpaired) electrons. The Kier molecular flexibility index (Phi) is 8.73. The van der Waals surface area contributed by atoms with Gasteiger partial charge >= 0.3 is 0 Å². The Bertz CT molecular complexity index is 607. The van der Waals surface area contributed by atoms with Crippen LogP contribution in [0.5, 0.6) is 0 Å². The molecular formula is C17H27ClN2O3S. The zero-order valence-electron chi connectivity index (χ0n) is 14.6. The molecule has 0 aliphatic heterocycles. The van der Waals surface area contributed by atoms with Crippen LogP contribution in [0.15, 0.2) is 29.2 Å². The minimum Gasteiger partial charge on any atom is -0.325 e. The summed E-state index contributed by atoms with van der Waals surface area (Å²) in [4.78, 5) is 11.8. The van der Waals surface area contributed by atoms with Crippen LogP contribution in [0, 0.1) is 0 Å². The third kappa shape index (κ3) is 6.07. The van der Waals surface area contributed by atoms with Crippen LogP contribution in [0.25, 0.3) is 0 Å². The van der Waals surface area contributed by atoms with Gasteiger partial charge in [-0.3, -0.25) is 4.79 Å². The Morgan fingerprint density at radius 2 is 1.62 bits per heavy atom. The third-order valence-electron chi connectivity index (χ3n) is 3.64. The predicted octanol–water partition coefficient (Wildman–Crippen LogP) is 3.84. The van der Waals surface area contributed by atoms with E-state index in [1.54, 1.807) is 23.4 Å². The smallest absolute Gasteiger partial charge is 0.243 e. The van der Waals surface area contributed by atoms with Crippen molar-refractivity contribution in [1.29, 1.82) is 0 Å². The van der Waals surface area contributed by atoms with Crippen molar-refractivity contribution in [2.45, 2.75) is 56.7 Å². The van der Waals surface area contributed by atoms with Gasteiger partial charge in [-0.15, -0.1) is 11.6 Å². The lowest BCUT2D eigenvalue weighted by Crippen LogP contribution is -2.33. The second-order valence-electron chi connectivity index (χ2n) is 5.74.